The van der Waals surface area contributed by atoms with Gasteiger partial charge in [0.25, 0.3) is 0 Å². The summed E-state index contributed by atoms with van der Waals surface area (Å²) in [5, 5.41) is 9.95. The maximum Gasteiger partial charge on any atom is 0.246 e. The van der Waals surface area contributed by atoms with Crippen molar-refractivity contribution in [2.45, 2.75) is 44.1 Å². The van der Waals surface area contributed by atoms with Crippen molar-refractivity contribution in [3.8, 4) is 0 Å². The van der Waals surface area contributed by atoms with Crippen LogP contribution in [-0.4, -0.2) is 23.7 Å². The minimum Gasteiger partial charge on any atom is -0.389 e. The molecule has 0 aromatic carbocycles. The number of carbonyl (C=O) groups is 1. The second-order valence-corrected chi connectivity index (χ2v) is 3.69. The van der Waals surface area contributed by atoms with Crippen LogP contribution in [-0.2, 0) is 9.63 Å². The number of hydrogen-bond acceptors (Lipinski definition) is 3. The SMILES string of the molecule is CONC(=O)CC1(O)CCCCC1. The van der Waals surface area contributed by atoms with Gasteiger partial charge in [-0.2, -0.15) is 0 Å². The van der Waals surface area contributed by atoms with Crippen molar-refractivity contribution in [3.05, 3.63) is 0 Å². The highest BCUT2D eigenvalue weighted by atomic mass is 16.6. The Bertz CT molecular complexity index is 176. The Morgan fingerprint density at radius 2 is 2.08 bits per heavy atom. The van der Waals surface area contributed by atoms with Crippen molar-refractivity contribution < 1.29 is 14.7 Å². The molecule has 0 bridgehead atoms. The monoisotopic (exact) mass is 187 g/mol. The fourth-order valence-electron chi connectivity index (χ4n) is 1.84. The molecule has 1 fully saturated rings. The standard InChI is InChI=1S/C9H17NO3/c1-13-10-8(11)7-9(12)5-3-2-4-6-9/h12H,2-7H2,1H3,(H,10,11). The first-order valence-corrected chi connectivity index (χ1v) is 4.70. The Hall–Kier alpha value is -0.610. The third-order valence-electron chi connectivity index (χ3n) is 2.49. The van der Waals surface area contributed by atoms with Crippen LogP contribution in [0.3, 0.4) is 0 Å². The van der Waals surface area contributed by atoms with Crippen LogP contribution < -0.4 is 5.48 Å². The van der Waals surface area contributed by atoms with Crippen LogP contribution in [0, 0.1) is 0 Å². The number of nitrogens with one attached hydrogen (secondary N) is 1. The maximum atomic E-state index is 11.1. The number of hydrogen-bond donors (Lipinski definition) is 2. The molecule has 1 aliphatic carbocycles. The first-order valence-electron chi connectivity index (χ1n) is 4.70. The number of hydroxylamine groups is 1. The summed E-state index contributed by atoms with van der Waals surface area (Å²) in [7, 11) is 1.39. The minimum atomic E-state index is -0.791. The predicted molar refractivity (Wildman–Crippen MR) is 47.8 cm³/mol. The fourth-order valence-corrected chi connectivity index (χ4v) is 1.84. The molecule has 0 spiro atoms. The number of carbonyl (C=O) groups excluding carboxylic acids is 1. The van der Waals surface area contributed by atoms with E-state index in [4.69, 9.17) is 0 Å². The molecule has 1 saturated carbocycles. The topological polar surface area (TPSA) is 58.6 Å². The Morgan fingerprint density at radius 3 is 2.62 bits per heavy atom. The molecule has 4 heteroatoms. The predicted octanol–water partition coefficient (Wildman–Crippen LogP) is 0.749. The lowest BCUT2D eigenvalue weighted by molar-refractivity contribution is -0.137. The van der Waals surface area contributed by atoms with E-state index in [9.17, 15) is 9.90 Å². The quantitative estimate of drug-likeness (QED) is 0.641. The molecule has 76 valence electrons. The van der Waals surface area contributed by atoms with Gasteiger partial charge in [-0.05, 0) is 12.8 Å². The van der Waals surface area contributed by atoms with Crippen molar-refractivity contribution in [3.63, 3.8) is 0 Å². The van der Waals surface area contributed by atoms with Gasteiger partial charge in [-0.3, -0.25) is 9.63 Å². The van der Waals surface area contributed by atoms with E-state index in [1.807, 2.05) is 0 Å². The van der Waals surface area contributed by atoms with Gasteiger partial charge in [0.2, 0.25) is 5.91 Å². The zero-order valence-corrected chi connectivity index (χ0v) is 8.01. The summed E-state index contributed by atoms with van der Waals surface area (Å²) < 4.78 is 0. The third kappa shape index (κ3) is 3.32. The van der Waals surface area contributed by atoms with Gasteiger partial charge in [-0.15, -0.1) is 0 Å². The lowest BCUT2D eigenvalue weighted by Crippen LogP contribution is -2.38. The first kappa shape index (κ1) is 10.5. The lowest BCUT2D eigenvalue weighted by Gasteiger charge is -2.31. The van der Waals surface area contributed by atoms with Crippen molar-refractivity contribution in [2.75, 3.05) is 7.11 Å². The van der Waals surface area contributed by atoms with Crippen LogP contribution in [0.25, 0.3) is 0 Å². The van der Waals surface area contributed by atoms with Crippen LogP contribution in [0.2, 0.25) is 0 Å². The van der Waals surface area contributed by atoms with E-state index in [1.54, 1.807) is 0 Å². The van der Waals surface area contributed by atoms with Gasteiger partial charge in [0.15, 0.2) is 0 Å². The molecule has 0 heterocycles. The highest BCUT2D eigenvalue weighted by Crippen LogP contribution is 2.30. The number of aliphatic hydroxyl groups is 1. The molecule has 0 atom stereocenters. The largest absolute Gasteiger partial charge is 0.389 e. The summed E-state index contributed by atoms with van der Waals surface area (Å²) in [5.41, 5.74) is 1.43. The summed E-state index contributed by atoms with van der Waals surface area (Å²) in [6.45, 7) is 0. The summed E-state index contributed by atoms with van der Waals surface area (Å²) in [5.74, 6) is -0.244. The molecule has 4 nitrogen and oxygen atoms in total. The zero-order valence-electron chi connectivity index (χ0n) is 8.01. The number of rotatable bonds is 3. The van der Waals surface area contributed by atoms with Crippen LogP contribution in [0.1, 0.15) is 38.5 Å². The summed E-state index contributed by atoms with van der Waals surface area (Å²) in [4.78, 5) is 15.6. The van der Waals surface area contributed by atoms with E-state index in [2.05, 4.69) is 10.3 Å². The summed E-state index contributed by atoms with van der Waals surface area (Å²) in [6.07, 6.45) is 4.79. The normalized spacial score (nSPS) is 21.1. The Morgan fingerprint density at radius 1 is 1.46 bits per heavy atom. The molecule has 1 rings (SSSR count). The highest BCUT2D eigenvalue weighted by molar-refractivity contribution is 5.75. The Balaban J connectivity index is 2.36. The van der Waals surface area contributed by atoms with E-state index < -0.39 is 5.60 Å². The molecular formula is C9H17NO3. The maximum absolute atomic E-state index is 11.1. The summed E-state index contributed by atoms with van der Waals surface area (Å²) >= 11 is 0. The molecule has 0 radical (unpaired) electrons. The molecule has 1 aliphatic rings. The van der Waals surface area contributed by atoms with E-state index in [0.717, 1.165) is 32.1 Å². The van der Waals surface area contributed by atoms with Crippen molar-refractivity contribution in [1.29, 1.82) is 0 Å². The van der Waals surface area contributed by atoms with E-state index in [-0.39, 0.29) is 12.3 Å². The smallest absolute Gasteiger partial charge is 0.246 e. The van der Waals surface area contributed by atoms with E-state index in [0.29, 0.717) is 0 Å². The number of amides is 1. The Labute approximate surface area is 78.2 Å². The second kappa shape index (κ2) is 4.58. The highest BCUT2D eigenvalue weighted by Gasteiger charge is 2.31. The Kier molecular flexibility index (Phi) is 3.69. The van der Waals surface area contributed by atoms with E-state index >= 15 is 0 Å². The van der Waals surface area contributed by atoms with Crippen molar-refractivity contribution >= 4 is 5.91 Å². The molecule has 2 N–H and O–H groups in total. The summed E-state index contributed by atoms with van der Waals surface area (Å²) in [6, 6.07) is 0. The van der Waals surface area contributed by atoms with Crippen LogP contribution in [0.4, 0.5) is 0 Å². The van der Waals surface area contributed by atoms with Gasteiger partial charge in [0.1, 0.15) is 0 Å². The minimum absolute atomic E-state index is 0.154. The lowest BCUT2D eigenvalue weighted by atomic mass is 9.82. The molecule has 0 aromatic heterocycles. The van der Waals surface area contributed by atoms with Gasteiger partial charge in [-0.1, -0.05) is 19.3 Å². The zero-order chi connectivity index (χ0) is 9.73. The van der Waals surface area contributed by atoms with Crippen LogP contribution in [0.5, 0.6) is 0 Å². The van der Waals surface area contributed by atoms with Crippen molar-refractivity contribution in [1.82, 2.24) is 5.48 Å². The molecule has 13 heavy (non-hydrogen) atoms. The molecular weight excluding hydrogens is 170 g/mol. The fraction of sp³-hybridized carbons (Fsp3) is 0.889. The first-order chi connectivity index (χ1) is 6.16. The second-order valence-electron chi connectivity index (χ2n) is 3.69. The van der Waals surface area contributed by atoms with Gasteiger partial charge in [-0.25, -0.2) is 5.48 Å². The van der Waals surface area contributed by atoms with Gasteiger partial charge in [0.05, 0.1) is 19.1 Å². The molecule has 0 aromatic rings. The van der Waals surface area contributed by atoms with Gasteiger partial charge in [0, 0.05) is 0 Å². The van der Waals surface area contributed by atoms with E-state index in [1.165, 1.54) is 7.11 Å². The third-order valence-corrected chi connectivity index (χ3v) is 2.49. The van der Waals surface area contributed by atoms with Crippen molar-refractivity contribution in [2.24, 2.45) is 0 Å². The van der Waals surface area contributed by atoms with Gasteiger partial charge < -0.3 is 5.11 Å². The average molecular weight is 187 g/mol. The van der Waals surface area contributed by atoms with Crippen LogP contribution >= 0.6 is 0 Å². The molecule has 0 unspecified atom stereocenters. The molecule has 0 saturated heterocycles. The van der Waals surface area contributed by atoms with Gasteiger partial charge >= 0.3 is 0 Å². The van der Waals surface area contributed by atoms with Crippen LogP contribution in [0.15, 0.2) is 0 Å². The molecule has 1 amide bonds. The molecule has 0 aliphatic heterocycles. The average Bonchev–Trinajstić information content (AvgIpc) is 2.04.